The summed E-state index contributed by atoms with van der Waals surface area (Å²) in [5.41, 5.74) is 4.15. The molecule has 0 saturated heterocycles. The predicted molar refractivity (Wildman–Crippen MR) is 86.0 cm³/mol. The molecule has 1 aromatic carbocycles. The van der Waals surface area contributed by atoms with Gasteiger partial charge in [-0.05, 0) is 51.4 Å². The van der Waals surface area contributed by atoms with Gasteiger partial charge in [-0.25, -0.2) is 0 Å². The Morgan fingerprint density at radius 3 is 2.50 bits per heavy atom. The number of hydrogen-bond acceptors (Lipinski definition) is 1. The van der Waals surface area contributed by atoms with Crippen LogP contribution in [0.5, 0.6) is 0 Å². The Morgan fingerprint density at radius 2 is 1.80 bits per heavy atom. The van der Waals surface area contributed by atoms with Gasteiger partial charge in [0.1, 0.15) is 0 Å². The highest BCUT2D eigenvalue weighted by Crippen LogP contribution is 2.41. The highest BCUT2D eigenvalue weighted by Gasteiger charge is 2.29. The van der Waals surface area contributed by atoms with Crippen LogP contribution >= 0.6 is 0 Å². The molecule has 108 valence electrons. The molecule has 1 atom stereocenters. The van der Waals surface area contributed by atoms with Crippen LogP contribution in [0.3, 0.4) is 0 Å². The van der Waals surface area contributed by atoms with Crippen molar-refractivity contribution < 1.29 is 0 Å². The highest BCUT2D eigenvalue weighted by molar-refractivity contribution is 5.85. The number of nitrogens with zero attached hydrogens (tertiary/aromatic N) is 1. The van der Waals surface area contributed by atoms with Crippen LogP contribution in [-0.2, 0) is 0 Å². The van der Waals surface area contributed by atoms with Crippen LogP contribution in [0.4, 0.5) is 0 Å². The molecule has 0 aliphatic heterocycles. The molecule has 0 spiro atoms. The van der Waals surface area contributed by atoms with Crippen molar-refractivity contribution in [3.63, 3.8) is 0 Å². The topological polar surface area (TPSA) is 19.0 Å². The average molecular weight is 270 g/mol. The molecule has 1 aromatic heterocycles. The van der Waals surface area contributed by atoms with Crippen LogP contribution in [0.15, 0.2) is 24.3 Å². The zero-order chi connectivity index (χ0) is 14.1. The monoisotopic (exact) mass is 270 g/mol. The number of H-pyrrole nitrogens is 1. The van der Waals surface area contributed by atoms with Crippen molar-refractivity contribution in [2.24, 2.45) is 5.92 Å². The number of para-hydroxylation sites is 1. The molecule has 3 rings (SSSR count). The second-order valence-electron chi connectivity index (χ2n) is 6.52. The van der Waals surface area contributed by atoms with E-state index in [1.165, 1.54) is 54.3 Å². The second kappa shape index (κ2) is 5.61. The number of aromatic nitrogens is 1. The van der Waals surface area contributed by atoms with Gasteiger partial charge in [0.2, 0.25) is 0 Å². The normalized spacial score (nSPS) is 18.8. The summed E-state index contributed by atoms with van der Waals surface area (Å²) < 4.78 is 0. The predicted octanol–water partition coefficient (Wildman–Crippen LogP) is 4.66. The van der Waals surface area contributed by atoms with E-state index in [2.05, 4.69) is 55.2 Å². The van der Waals surface area contributed by atoms with Gasteiger partial charge in [-0.3, -0.25) is 0 Å². The van der Waals surface area contributed by atoms with Crippen LogP contribution in [0, 0.1) is 12.8 Å². The van der Waals surface area contributed by atoms with Gasteiger partial charge in [0.25, 0.3) is 0 Å². The zero-order valence-electron chi connectivity index (χ0n) is 12.9. The lowest BCUT2D eigenvalue weighted by atomic mass is 9.80. The molecule has 1 N–H and O–H groups in total. The summed E-state index contributed by atoms with van der Waals surface area (Å²) in [4.78, 5) is 6.00. The first-order valence-corrected chi connectivity index (χ1v) is 7.92. The van der Waals surface area contributed by atoms with Crippen molar-refractivity contribution in [3.05, 3.63) is 35.5 Å². The van der Waals surface area contributed by atoms with E-state index in [0.717, 1.165) is 5.92 Å². The highest BCUT2D eigenvalue weighted by atomic mass is 15.1. The molecule has 1 unspecified atom stereocenters. The fourth-order valence-electron chi connectivity index (χ4n) is 4.04. The lowest BCUT2D eigenvalue weighted by Crippen LogP contribution is -2.29. The van der Waals surface area contributed by atoms with Crippen LogP contribution in [0.25, 0.3) is 10.9 Å². The Balaban J connectivity index is 2.07. The van der Waals surface area contributed by atoms with Crippen molar-refractivity contribution in [1.82, 2.24) is 9.88 Å². The van der Waals surface area contributed by atoms with E-state index in [-0.39, 0.29) is 0 Å². The van der Waals surface area contributed by atoms with Crippen molar-refractivity contribution >= 4 is 10.9 Å². The van der Waals surface area contributed by atoms with Crippen LogP contribution in [0.1, 0.15) is 49.4 Å². The summed E-state index contributed by atoms with van der Waals surface area (Å²) >= 11 is 0. The summed E-state index contributed by atoms with van der Waals surface area (Å²) in [5.74, 6) is 0.802. The molecule has 0 amide bonds. The molecule has 1 heterocycles. The molecule has 0 radical (unpaired) electrons. The molecule has 1 fully saturated rings. The minimum atomic E-state index is 0.548. The fourth-order valence-corrected chi connectivity index (χ4v) is 4.04. The number of hydrogen-bond donors (Lipinski definition) is 1. The first-order chi connectivity index (χ1) is 9.68. The van der Waals surface area contributed by atoms with Gasteiger partial charge < -0.3 is 9.88 Å². The average Bonchev–Trinajstić information content (AvgIpc) is 2.77. The van der Waals surface area contributed by atoms with Crippen LogP contribution < -0.4 is 0 Å². The Kier molecular flexibility index (Phi) is 3.84. The molecule has 1 aliphatic carbocycles. The summed E-state index contributed by atoms with van der Waals surface area (Å²) in [6, 6.07) is 9.29. The molecular weight excluding hydrogens is 244 g/mol. The van der Waals surface area contributed by atoms with E-state index in [0.29, 0.717) is 6.04 Å². The van der Waals surface area contributed by atoms with Crippen molar-refractivity contribution in [2.45, 2.75) is 45.1 Å². The quantitative estimate of drug-likeness (QED) is 0.859. The molecule has 2 nitrogen and oxygen atoms in total. The molecule has 0 bridgehead atoms. The zero-order valence-corrected chi connectivity index (χ0v) is 12.9. The molecular formula is C18H26N2. The van der Waals surface area contributed by atoms with Crippen LogP contribution in [0.2, 0.25) is 0 Å². The molecule has 20 heavy (non-hydrogen) atoms. The number of fused-ring (bicyclic) bond motifs is 1. The van der Waals surface area contributed by atoms with E-state index in [1.807, 2.05) is 0 Å². The Bertz CT molecular complexity index is 576. The second-order valence-corrected chi connectivity index (χ2v) is 6.52. The van der Waals surface area contributed by atoms with Gasteiger partial charge in [0.05, 0.1) is 0 Å². The summed E-state index contributed by atoms with van der Waals surface area (Å²) in [5, 5.41) is 1.41. The minimum Gasteiger partial charge on any atom is -0.358 e. The van der Waals surface area contributed by atoms with Crippen molar-refractivity contribution in [1.29, 1.82) is 0 Å². The molecule has 1 aliphatic rings. The maximum Gasteiger partial charge on any atom is 0.0459 e. The molecule has 2 aromatic rings. The summed E-state index contributed by atoms with van der Waals surface area (Å²) in [6.45, 7) is 2.23. The number of aryl methyl sites for hydroxylation is 1. The number of nitrogens with one attached hydrogen (secondary N) is 1. The maximum atomic E-state index is 3.57. The smallest absolute Gasteiger partial charge is 0.0459 e. The van der Waals surface area contributed by atoms with Gasteiger partial charge in [-0.2, -0.15) is 0 Å². The third kappa shape index (κ3) is 2.37. The fraction of sp³-hybridized carbons (Fsp3) is 0.556. The number of rotatable bonds is 3. The Labute approximate surface area is 122 Å². The van der Waals surface area contributed by atoms with Gasteiger partial charge in [-0.1, -0.05) is 37.5 Å². The third-order valence-corrected chi connectivity index (χ3v) is 4.89. The van der Waals surface area contributed by atoms with E-state index < -0.39 is 0 Å². The SMILES string of the molecule is Cc1[nH]c2ccccc2c1C(C1CCCCC1)N(C)C. The maximum absolute atomic E-state index is 3.57. The minimum absolute atomic E-state index is 0.548. The molecule has 2 heteroatoms. The molecule has 1 saturated carbocycles. The number of benzene rings is 1. The van der Waals surface area contributed by atoms with Crippen molar-refractivity contribution in [2.75, 3.05) is 14.1 Å². The van der Waals surface area contributed by atoms with Crippen molar-refractivity contribution in [3.8, 4) is 0 Å². The van der Waals surface area contributed by atoms with Gasteiger partial charge >= 0.3 is 0 Å². The lowest BCUT2D eigenvalue weighted by Gasteiger charge is -2.35. The van der Waals surface area contributed by atoms with Gasteiger partial charge in [-0.15, -0.1) is 0 Å². The van der Waals surface area contributed by atoms with Gasteiger partial charge in [0, 0.05) is 22.6 Å². The Hall–Kier alpha value is -1.28. The lowest BCUT2D eigenvalue weighted by molar-refractivity contribution is 0.172. The first kappa shape index (κ1) is 13.7. The van der Waals surface area contributed by atoms with E-state index >= 15 is 0 Å². The first-order valence-electron chi connectivity index (χ1n) is 7.92. The van der Waals surface area contributed by atoms with E-state index in [9.17, 15) is 0 Å². The van der Waals surface area contributed by atoms with E-state index in [4.69, 9.17) is 0 Å². The van der Waals surface area contributed by atoms with Gasteiger partial charge in [0.15, 0.2) is 0 Å². The third-order valence-electron chi connectivity index (χ3n) is 4.89. The largest absolute Gasteiger partial charge is 0.358 e. The van der Waals surface area contributed by atoms with Crippen LogP contribution in [-0.4, -0.2) is 24.0 Å². The number of aromatic amines is 1. The van der Waals surface area contributed by atoms with E-state index in [1.54, 1.807) is 0 Å². The standard InChI is InChI=1S/C18H26N2/c1-13-17(15-11-7-8-12-16(15)19-13)18(20(2)3)14-9-5-4-6-10-14/h7-8,11-12,14,18-19H,4-6,9-10H2,1-3H3. The Morgan fingerprint density at radius 1 is 1.10 bits per heavy atom. The summed E-state index contributed by atoms with van der Waals surface area (Å²) in [6.07, 6.45) is 6.97. The summed E-state index contributed by atoms with van der Waals surface area (Å²) in [7, 11) is 4.47.